The molecule has 0 atom stereocenters. The summed E-state index contributed by atoms with van der Waals surface area (Å²) in [7, 11) is -4.14. The van der Waals surface area contributed by atoms with E-state index in [4.69, 9.17) is 38.4 Å². The van der Waals surface area contributed by atoms with Crippen LogP contribution in [0.5, 0.6) is 17.5 Å². The summed E-state index contributed by atoms with van der Waals surface area (Å²) in [5, 5.41) is -0.0530. The largest absolute Gasteiger partial charge is 0.475 e. The molecular weight excluding hydrogens is 470 g/mol. The maximum atomic E-state index is 13.9. The molecule has 2 aromatic carbocycles. The lowest BCUT2D eigenvalue weighted by molar-refractivity contribution is 0.321. The highest BCUT2D eigenvalue weighted by atomic mass is 35.5. The number of halogens is 3. The molecule has 0 fully saturated rings. The van der Waals surface area contributed by atoms with Gasteiger partial charge in [0, 0.05) is 18.2 Å². The fraction of sp³-hybridized carbons (Fsp3) is 0.158. The van der Waals surface area contributed by atoms with Gasteiger partial charge in [-0.05, 0) is 25.1 Å². The number of nitrogens with zero attached hydrogens (tertiary/aromatic N) is 2. The molecule has 0 unspecified atom stereocenters. The second-order valence-electron chi connectivity index (χ2n) is 6.01. The molecule has 0 bridgehead atoms. The number of hydrogen-bond donors (Lipinski definition) is 2. The lowest BCUT2D eigenvalue weighted by Crippen LogP contribution is -2.16. The average Bonchev–Trinajstić information content (AvgIpc) is 2.72. The van der Waals surface area contributed by atoms with Crippen molar-refractivity contribution in [2.75, 3.05) is 11.3 Å². The minimum Gasteiger partial charge on any atom is -0.475 e. The fourth-order valence-corrected chi connectivity index (χ4v) is 4.23. The first kappa shape index (κ1) is 23.0. The number of hydrogen-bond acceptors (Lipinski definition) is 7. The summed E-state index contributed by atoms with van der Waals surface area (Å²) >= 11 is 11.9. The first-order valence-electron chi connectivity index (χ1n) is 8.88. The Morgan fingerprint density at radius 2 is 2.00 bits per heavy atom. The maximum Gasteiger partial charge on any atom is 0.264 e. The molecule has 3 aromatic rings. The Morgan fingerprint density at radius 1 is 1.23 bits per heavy atom. The molecule has 0 saturated heterocycles. The van der Waals surface area contributed by atoms with Gasteiger partial charge in [0.2, 0.25) is 11.7 Å². The number of sulfonamides is 1. The topological polar surface area (TPSA) is 116 Å². The van der Waals surface area contributed by atoms with Crippen molar-refractivity contribution >= 4 is 39.0 Å². The molecule has 0 saturated carbocycles. The van der Waals surface area contributed by atoms with Crippen LogP contribution < -0.4 is 19.9 Å². The zero-order valence-corrected chi connectivity index (χ0v) is 18.4. The van der Waals surface area contributed by atoms with E-state index in [-0.39, 0.29) is 51.4 Å². The number of nitrogens with two attached hydrogens (primary N) is 1. The zero-order valence-electron chi connectivity index (χ0n) is 16.1. The van der Waals surface area contributed by atoms with Crippen molar-refractivity contribution < 1.29 is 22.3 Å². The lowest BCUT2D eigenvalue weighted by atomic mass is 10.2. The first-order chi connectivity index (χ1) is 14.7. The number of nitrogens with one attached hydrogen (secondary N) is 1. The fourth-order valence-electron chi connectivity index (χ4n) is 2.47. The summed E-state index contributed by atoms with van der Waals surface area (Å²) in [6.45, 7) is 1.90. The van der Waals surface area contributed by atoms with E-state index in [0.29, 0.717) is 5.56 Å². The molecule has 0 aliphatic carbocycles. The molecule has 0 aliphatic heterocycles. The Morgan fingerprint density at radius 3 is 2.68 bits per heavy atom. The van der Waals surface area contributed by atoms with E-state index in [0.717, 1.165) is 12.3 Å². The number of benzene rings is 2. The molecule has 0 amide bonds. The number of ether oxygens (including phenoxy) is 2. The van der Waals surface area contributed by atoms with Gasteiger partial charge in [0.05, 0.1) is 22.8 Å². The highest BCUT2D eigenvalue weighted by Crippen LogP contribution is 2.32. The van der Waals surface area contributed by atoms with Gasteiger partial charge in [-0.3, -0.25) is 4.72 Å². The van der Waals surface area contributed by atoms with Crippen molar-refractivity contribution in [1.29, 1.82) is 0 Å². The summed E-state index contributed by atoms with van der Waals surface area (Å²) < 4.78 is 52.5. The summed E-state index contributed by atoms with van der Waals surface area (Å²) in [5.41, 5.74) is 5.77. The van der Waals surface area contributed by atoms with E-state index in [1.54, 1.807) is 6.92 Å². The minimum atomic E-state index is -4.14. The van der Waals surface area contributed by atoms with Gasteiger partial charge in [0.25, 0.3) is 15.9 Å². The third-order valence-corrected chi connectivity index (χ3v) is 6.22. The summed E-state index contributed by atoms with van der Waals surface area (Å²) in [6, 6.07) is 8.36. The third-order valence-electron chi connectivity index (χ3n) is 3.90. The van der Waals surface area contributed by atoms with Crippen LogP contribution in [0.15, 0.2) is 47.5 Å². The van der Waals surface area contributed by atoms with Gasteiger partial charge in [0.1, 0.15) is 16.5 Å². The molecule has 8 nitrogen and oxygen atoms in total. The Labute approximate surface area is 188 Å². The summed E-state index contributed by atoms with van der Waals surface area (Å²) in [6.07, 6.45) is 1.16. The number of rotatable bonds is 8. The summed E-state index contributed by atoms with van der Waals surface area (Å²) in [5.74, 6) is -0.728. The van der Waals surface area contributed by atoms with Crippen LogP contribution in [0.1, 0.15) is 12.5 Å². The average molecular weight is 487 g/mol. The Bertz CT molecular complexity index is 1210. The zero-order chi connectivity index (χ0) is 22.6. The molecule has 0 radical (unpaired) electrons. The minimum absolute atomic E-state index is 0.0351. The van der Waals surface area contributed by atoms with Crippen LogP contribution >= 0.6 is 23.2 Å². The van der Waals surface area contributed by atoms with Crippen LogP contribution in [0, 0.1) is 5.82 Å². The normalized spacial score (nSPS) is 11.3. The van der Waals surface area contributed by atoms with Crippen LogP contribution in [0.4, 0.5) is 10.2 Å². The van der Waals surface area contributed by atoms with Crippen molar-refractivity contribution in [1.82, 2.24) is 9.97 Å². The molecule has 0 spiro atoms. The summed E-state index contributed by atoms with van der Waals surface area (Å²) in [4.78, 5) is 7.89. The van der Waals surface area contributed by atoms with Crippen LogP contribution in [-0.2, 0) is 16.6 Å². The Kier molecular flexibility index (Phi) is 7.16. The molecule has 0 aliphatic rings. The van der Waals surface area contributed by atoms with Crippen LogP contribution in [-0.4, -0.2) is 25.0 Å². The van der Waals surface area contributed by atoms with Crippen molar-refractivity contribution in [2.24, 2.45) is 5.73 Å². The van der Waals surface area contributed by atoms with E-state index < -0.39 is 15.8 Å². The van der Waals surface area contributed by atoms with Gasteiger partial charge in [-0.2, -0.15) is 4.98 Å². The Balaban J connectivity index is 1.90. The van der Waals surface area contributed by atoms with Gasteiger partial charge in [0.15, 0.2) is 0 Å². The SMILES string of the molecule is CCOc1nc(Oc2ccc(CN)c(F)c2)cnc1NS(=O)(=O)c1cccc(Cl)c1Cl. The van der Waals surface area contributed by atoms with Crippen molar-refractivity contribution in [2.45, 2.75) is 18.4 Å². The van der Waals surface area contributed by atoms with Crippen molar-refractivity contribution in [3.8, 4) is 17.5 Å². The van der Waals surface area contributed by atoms with Crippen molar-refractivity contribution in [3.05, 3.63) is 64.0 Å². The van der Waals surface area contributed by atoms with Gasteiger partial charge >= 0.3 is 0 Å². The van der Waals surface area contributed by atoms with E-state index in [1.165, 1.54) is 30.3 Å². The molecule has 1 heterocycles. The van der Waals surface area contributed by atoms with Gasteiger partial charge in [-0.15, -0.1) is 0 Å². The molecule has 3 rings (SSSR count). The lowest BCUT2D eigenvalue weighted by Gasteiger charge is -2.13. The van der Waals surface area contributed by atoms with Crippen LogP contribution in [0.25, 0.3) is 0 Å². The monoisotopic (exact) mass is 486 g/mol. The van der Waals surface area contributed by atoms with E-state index >= 15 is 0 Å². The predicted molar refractivity (Wildman–Crippen MR) is 115 cm³/mol. The second-order valence-corrected chi connectivity index (χ2v) is 8.45. The Hall–Kier alpha value is -2.66. The number of anilines is 1. The molecule has 12 heteroatoms. The van der Waals surface area contributed by atoms with E-state index in [9.17, 15) is 12.8 Å². The standard InChI is InChI=1S/C19H17Cl2FN4O4S/c1-2-29-19-18(26-31(27,28)15-5-3-4-13(20)17(15)21)24-10-16(25-19)30-12-7-6-11(9-23)14(22)8-12/h3-8,10H,2,9,23H2,1H3,(H,24,26). The molecule has 164 valence electrons. The van der Waals surface area contributed by atoms with E-state index in [1.807, 2.05) is 0 Å². The second kappa shape index (κ2) is 9.65. The molecule has 3 N–H and O–H groups in total. The molecule has 1 aromatic heterocycles. The first-order valence-corrected chi connectivity index (χ1v) is 11.1. The van der Waals surface area contributed by atoms with Crippen LogP contribution in [0.3, 0.4) is 0 Å². The predicted octanol–water partition coefficient (Wildman–Crippen LogP) is 4.37. The molecular formula is C19H17Cl2FN4O4S. The van der Waals surface area contributed by atoms with Crippen molar-refractivity contribution in [3.63, 3.8) is 0 Å². The highest BCUT2D eigenvalue weighted by molar-refractivity contribution is 7.92. The van der Waals surface area contributed by atoms with Crippen LogP contribution in [0.2, 0.25) is 10.0 Å². The maximum absolute atomic E-state index is 13.9. The molecule has 31 heavy (non-hydrogen) atoms. The quantitative estimate of drug-likeness (QED) is 0.485. The smallest absolute Gasteiger partial charge is 0.264 e. The number of aromatic nitrogens is 2. The van der Waals surface area contributed by atoms with Gasteiger partial charge in [-0.1, -0.05) is 35.3 Å². The highest BCUT2D eigenvalue weighted by Gasteiger charge is 2.23. The van der Waals surface area contributed by atoms with Gasteiger partial charge < -0.3 is 15.2 Å². The third kappa shape index (κ3) is 5.34. The van der Waals surface area contributed by atoms with Gasteiger partial charge in [-0.25, -0.2) is 17.8 Å². The van der Waals surface area contributed by atoms with E-state index in [2.05, 4.69) is 14.7 Å².